The maximum absolute atomic E-state index is 5.89. The van der Waals surface area contributed by atoms with E-state index in [1.807, 2.05) is 31.2 Å². The molecule has 110 valence electrons. The second-order valence-corrected chi connectivity index (χ2v) is 6.01. The minimum absolute atomic E-state index is 0.448. The van der Waals surface area contributed by atoms with Crippen LogP contribution >= 0.6 is 15.9 Å². The predicted octanol–water partition coefficient (Wildman–Crippen LogP) is 3.29. The van der Waals surface area contributed by atoms with Crippen LogP contribution in [0, 0.1) is 6.92 Å². The zero-order chi connectivity index (χ0) is 14.8. The Morgan fingerprint density at radius 1 is 1.33 bits per heavy atom. The van der Waals surface area contributed by atoms with Crippen LogP contribution in [0.15, 0.2) is 28.7 Å². The van der Waals surface area contributed by atoms with Gasteiger partial charge < -0.3 is 10.2 Å². The highest BCUT2D eigenvalue weighted by Crippen LogP contribution is 2.40. The number of nitrogens with zero attached hydrogens (tertiary/aromatic N) is 2. The van der Waals surface area contributed by atoms with Gasteiger partial charge in [-0.2, -0.15) is 4.98 Å². The third kappa shape index (κ3) is 3.16. The standard InChI is InChI=1S/C15H17BrN4O/c1-9-13(20-17)18-14(10-6-7-10)19-15(9)21-8-11-4-2-3-5-12(11)16/h2-5,10H,6-8,17H2,1H3,(H,18,19,20). The van der Waals surface area contributed by atoms with E-state index in [0.29, 0.717) is 24.2 Å². The van der Waals surface area contributed by atoms with Crippen LogP contribution in [0.3, 0.4) is 0 Å². The van der Waals surface area contributed by atoms with Gasteiger partial charge in [-0.15, -0.1) is 0 Å². The summed E-state index contributed by atoms with van der Waals surface area (Å²) in [6.07, 6.45) is 2.27. The number of hydrazine groups is 1. The van der Waals surface area contributed by atoms with E-state index in [2.05, 4.69) is 31.3 Å². The summed E-state index contributed by atoms with van der Waals surface area (Å²) in [6.45, 7) is 2.36. The van der Waals surface area contributed by atoms with Crippen LogP contribution in [0.1, 0.15) is 35.7 Å². The zero-order valence-corrected chi connectivity index (χ0v) is 13.4. The lowest BCUT2D eigenvalue weighted by Gasteiger charge is -2.13. The summed E-state index contributed by atoms with van der Waals surface area (Å²) in [5, 5.41) is 0. The topological polar surface area (TPSA) is 73.1 Å². The number of aromatic nitrogens is 2. The molecule has 0 atom stereocenters. The number of halogens is 1. The van der Waals surface area contributed by atoms with Gasteiger partial charge in [0.15, 0.2) is 0 Å². The maximum Gasteiger partial charge on any atom is 0.222 e. The average Bonchev–Trinajstić information content (AvgIpc) is 3.32. The molecule has 6 heteroatoms. The van der Waals surface area contributed by atoms with Crippen molar-refractivity contribution in [3.63, 3.8) is 0 Å². The van der Waals surface area contributed by atoms with Crippen molar-refractivity contribution in [2.75, 3.05) is 5.43 Å². The van der Waals surface area contributed by atoms with Gasteiger partial charge in [0.25, 0.3) is 0 Å². The van der Waals surface area contributed by atoms with Crippen LogP contribution < -0.4 is 16.0 Å². The molecule has 0 radical (unpaired) electrons. The van der Waals surface area contributed by atoms with Crippen LogP contribution in [0.4, 0.5) is 5.82 Å². The second kappa shape index (κ2) is 5.99. The molecule has 3 N–H and O–H groups in total. The fourth-order valence-electron chi connectivity index (χ4n) is 2.08. The molecule has 1 aliphatic rings. The van der Waals surface area contributed by atoms with Crippen LogP contribution in [0.2, 0.25) is 0 Å². The van der Waals surface area contributed by atoms with Crippen molar-refractivity contribution in [3.05, 3.63) is 45.7 Å². The normalized spacial score (nSPS) is 14.0. The number of nitrogens with one attached hydrogen (secondary N) is 1. The molecule has 3 rings (SSSR count). The number of hydrogen-bond donors (Lipinski definition) is 2. The summed E-state index contributed by atoms with van der Waals surface area (Å²) in [7, 11) is 0. The van der Waals surface area contributed by atoms with Crippen molar-refractivity contribution in [1.82, 2.24) is 9.97 Å². The van der Waals surface area contributed by atoms with Crippen molar-refractivity contribution in [1.29, 1.82) is 0 Å². The maximum atomic E-state index is 5.89. The van der Waals surface area contributed by atoms with Crippen LogP contribution in [-0.4, -0.2) is 9.97 Å². The van der Waals surface area contributed by atoms with Gasteiger partial charge in [0.05, 0.1) is 5.56 Å². The number of nitrogens with two attached hydrogens (primary N) is 1. The summed E-state index contributed by atoms with van der Waals surface area (Å²) in [6, 6.07) is 7.97. The van der Waals surface area contributed by atoms with E-state index in [4.69, 9.17) is 10.6 Å². The average molecular weight is 349 g/mol. The summed E-state index contributed by atoms with van der Waals surface area (Å²) < 4.78 is 6.91. The Hall–Kier alpha value is -1.66. The van der Waals surface area contributed by atoms with Crippen molar-refractivity contribution in [2.45, 2.75) is 32.3 Å². The van der Waals surface area contributed by atoms with Gasteiger partial charge in [0.2, 0.25) is 5.88 Å². The van der Waals surface area contributed by atoms with Gasteiger partial charge in [-0.25, -0.2) is 10.8 Å². The highest BCUT2D eigenvalue weighted by atomic mass is 79.9. The van der Waals surface area contributed by atoms with Crippen molar-refractivity contribution in [3.8, 4) is 5.88 Å². The van der Waals surface area contributed by atoms with Gasteiger partial charge in [-0.05, 0) is 25.8 Å². The molecular formula is C15H17BrN4O. The minimum atomic E-state index is 0.448. The lowest BCUT2D eigenvalue weighted by molar-refractivity contribution is 0.289. The molecule has 0 spiro atoms. The van der Waals surface area contributed by atoms with Crippen LogP contribution in [0.5, 0.6) is 5.88 Å². The second-order valence-electron chi connectivity index (χ2n) is 5.16. The summed E-state index contributed by atoms with van der Waals surface area (Å²) in [5.74, 6) is 8.03. The van der Waals surface area contributed by atoms with E-state index in [1.165, 1.54) is 0 Å². The Balaban J connectivity index is 1.84. The van der Waals surface area contributed by atoms with E-state index in [1.54, 1.807) is 0 Å². The molecule has 21 heavy (non-hydrogen) atoms. The first kappa shape index (κ1) is 14.3. The van der Waals surface area contributed by atoms with Gasteiger partial charge >= 0.3 is 0 Å². The number of nitrogen functional groups attached to an aromatic ring is 1. The monoisotopic (exact) mass is 348 g/mol. The first-order chi connectivity index (χ1) is 10.2. The molecule has 1 saturated carbocycles. The first-order valence-corrected chi connectivity index (χ1v) is 7.69. The van der Waals surface area contributed by atoms with Crippen molar-refractivity contribution in [2.24, 2.45) is 5.84 Å². The molecule has 2 aromatic rings. The lowest BCUT2D eigenvalue weighted by Crippen LogP contribution is -2.13. The van der Waals surface area contributed by atoms with Crippen LogP contribution in [-0.2, 0) is 6.61 Å². The van der Waals surface area contributed by atoms with Gasteiger partial charge in [-0.3, -0.25) is 0 Å². The Morgan fingerprint density at radius 3 is 2.76 bits per heavy atom. The van der Waals surface area contributed by atoms with Crippen molar-refractivity contribution < 1.29 is 4.74 Å². The predicted molar refractivity (Wildman–Crippen MR) is 85.0 cm³/mol. The molecule has 1 aliphatic carbocycles. The Bertz CT molecular complexity index is 658. The molecule has 5 nitrogen and oxygen atoms in total. The number of hydrogen-bond acceptors (Lipinski definition) is 5. The molecule has 1 aromatic heterocycles. The highest BCUT2D eigenvalue weighted by Gasteiger charge is 2.28. The third-order valence-corrected chi connectivity index (χ3v) is 4.29. The summed E-state index contributed by atoms with van der Waals surface area (Å²) >= 11 is 3.52. The molecule has 0 saturated heterocycles. The molecule has 0 unspecified atom stereocenters. The Kier molecular flexibility index (Phi) is 4.07. The molecule has 1 aromatic carbocycles. The first-order valence-electron chi connectivity index (χ1n) is 6.90. The molecule has 0 bridgehead atoms. The van der Waals surface area contributed by atoms with Crippen molar-refractivity contribution >= 4 is 21.7 Å². The van der Waals surface area contributed by atoms with E-state index in [0.717, 1.165) is 34.3 Å². The van der Waals surface area contributed by atoms with E-state index in [-0.39, 0.29) is 0 Å². The lowest BCUT2D eigenvalue weighted by atomic mass is 10.2. The fourth-order valence-corrected chi connectivity index (χ4v) is 2.48. The Morgan fingerprint density at radius 2 is 2.10 bits per heavy atom. The number of benzene rings is 1. The minimum Gasteiger partial charge on any atom is -0.472 e. The Labute approximate surface area is 132 Å². The van der Waals surface area contributed by atoms with Gasteiger partial charge in [0, 0.05) is 16.0 Å². The summed E-state index contributed by atoms with van der Waals surface area (Å²) in [4.78, 5) is 8.99. The molecule has 1 heterocycles. The molecule has 1 fully saturated rings. The van der Waals surface area contributed by atoms with Crippen LogP contribution in [0.25, 0.3) is 0 Å². The molecule has 0 amide bonds. The van der Waals surface area contributed by atoms with Gasteiger partial charge in [-0.1, -0.05) is 34.1 Å². The SMILES string of the molecule is Cc1c(NN)nc(C2CC2)nc1OCc1ccccc1Br. The highest BCUT2D eigenvalue weighted by molar-refractivity contribution is 9.10. The zero-order valence-electron chi connectivity index (χ0n) is 11.8. The van der Waals surface area contributed by atoms with Gasteiger partial charge in [0.1, 0.15) is 18.2 Å². The number of ether oxygens (including phenoxy) is 1. The largest absolute Gasteiger partial charge is 0.472 e. The third-order valence-electron chi connectivity index (χ3n) is 3.52. The molecule has 0 aliphatic heterocycles. The van der Waals surface area contributed by atoms with E-state index >= 15 is 0 Å². The molecular weight excluding hydrogens is 332 g/mol. The summed E-state index contributed by atoms with van der Waals surface area (Å²) in [5.41, 5.74) is 4.53. The fraction of sp³-hybridized carbons (Fsp3) is 0.333. The number of rotatable bonds is 5. The van der Waals surface area contributed by atoms with E-state index in [9.17, 15) is 0 Å². The quantitative estimate of drug-likeness (QED) is 0.640. The smallest absolute Gasteiger partial charge is 0.222 e. The number of anilines is 1. The van der Waals surface area contributed by atoms with E-state index < -0.39 is 0 Å².